The molecule has 0 radical (unpaired) electrons. The van der Waals surface area contributed by atoms with Gasteiger partial charge >= 0.3 is 0 Å². The number of benzene rings is 1. The number of aliphatic hydroxyl groups is 1. The molecular formula is C14H20BrNO4. The fourth-order valence-electron chi connectivity index (χ4n) is 2.03. The maximum atomic E-state index is 9.22. The van der Waals surface area contributed by atoms with E-state index in [0.717, 1.165) is 28.0 Å². The highest BCUT2D eigenvalue weighted by Gasteiger charge is 2.15. The summed E-state index contributed by atoms with van der Waals surface area (Å²) in [5, 5.41) is 12.5. The molecule has 1 aliphatic rings. The second-order valence-corrected chi connectivity index (χ2v) is 5.53. The van der Waals surface area contributed by atoms with Gasteiger partial charge in [0.1, 0.15) is 0 Å². The van der Waals surface area contributed by atoms with Crippen molar-refractivity contribution in [3.63, 3.8) is 0 Å². The highest BCUT2D eigenvalue weighted by molar-refractivity contribution is 9.10. The first kappa shape index (κ1) is 15.6. The number of rotatable bonds is 6. The third-order valence-electron chi connectivity index (χ3n) is 3.05. The largest absolute Gasteiger partial charge is 0.490 e. The Kier molecular flexibility index (Phi) is 6.09. The lowest BCUT2D eigenvalue weighted by molar-refractivity contribution is 0.128. The first-order valence-corrected chi connectivity index (χ1v) is 7.45. The Hall–Kier alpha value is -0.820. The van der Waals surface area contributed by atoms with Crippen molar-refractivity contribution in [2.45, 2.75) is 19.0 Å². The smallest absolute Gasteiger partial charge is 0.175 e. The minimum absolute atomic E-state index is 0.0412. The van der Waals surface area contributed by atoms with Crippen LogP contribution >= 0.6 is 15.9 Å². The highest BCUT2D eigenvalue weighted by atomic mass is 79.9. The van der Waals surface area contributed by atoms with Crippen LogP contribution in [0, 0.1) is 0 Å². The number of ether oxygens (including phenoxy) is 3. The number of hydrogen-bond donors (Lipinski definition) is 2. The Morgan fingerprint density at radius 1 is 1.40 bits per heavy atom. The van der Waals surface area contributed by atoms with E-state index in [4.69, 9.17) is 14.2 Å². The van der Waals surface area contributed by atoms with Crippen molar-refractivity contribution >= 4 is 15.9 Å². The molecule has 1 aromatic carbocycles. The number of hydrogen-bond acceptors (Lipinski definition) is 5. The van der Waals surface area contributed by atoms with Crippen LogP contribution in [0.2, 0.25) is 0 Å². The third-order valence-corrected chi connectivity index (χ3v) is 3.63. The molecule has 5 nitrogen and oxygen atoms in total. The molecule has 0 aliphatic carbocycles. The van der Waals surface area contributed by atoms with Gasteiger partial charge in [-0.15, -0.1) is 0 Å². The van der Waals surface area contributed by atoms with Crippen LogP contribution in [0.4, 0.5) is 0 Å². The number of aliphatic hydroxyl groups excluding tert-OH is 1. The van der Waals surface area contributed by atoms with Crippen molar-refractivity contribution < 1.29 is 19.3 Å². The molecule has 112 valence electrons. The number of fused-ring (bicyclic) bond motifs is 1. The van der Waals surface area contributed by atoms with Gasteiger partial charge in [0.15, 0.2) is 11.5 Å². The Balaban J connectivity index is 2.05. The molecule has 2 rings (SSSR count). The van der Waals surface area contributed by atoms with Crippen LogP contribution in [0.3, 0.4) is 0 Å². The number of halogens is 1. The van der Waals surface area contributed by atoms with Gasteiger partial charge in [0, 0.05) is 20.1 Å². The van der Waals surface area contributed by atoms with Crippen LogP contribution in [0.15, 0.2) is 16.6 Å². The number of methoxy groups -OCH3 is 1. The fraction of sp³-hybridized carbons (Fsp3) is 0.571. The summed E-state index contributed by atoms with van der Waals surface area (Å²) >= 11 is 3.52. The molecule has 0 aromatic heterocycles. The highest BCUT2D eigenvalue weighted by Crippen LogP contribution is 2.38. The standard InChI is InChI=1S/C14H20BrNO4/c1-18-9-11(8-17)16-7-10-5-12(15)14-13(6-10)19-3-2-4-20-14/h5-6,11,16-17H,2-4,7-9H2,1H3. The predicted octanol–water partition coefficient (Wildman–Crippen LogP) is 1.71. The minimum Gasteiger partial charge on any atom is -0.490 e. The van der Waals surface area contributed by atoms with Gasteiger partial charge in [0.25, 0.3) is 0 Å². The van der Waals surface area contributed by atoms with E-state index in [9.17, 15) is 5.11 Å². The van der Waals surface area contributed by atoms with E-state index in [1.165, 1.54) is 0 Å². The van der Waals surface area contributed by atoms with Crippen LogP contribution in [-0.2, 0) is 11.3 Å². The summed E-state index contributed by atoms with van der Waals surface area (Å²) in [4.78, 5) is 0. The van der Waals surface area contributed by atoms with Crippen molar-refractivity contribution in [2.24, 2.45) is 0 Å². The first-order chi connectivity index (χ1) is 9.74. The molecule has 0 spiro atoms. The van der Waals surface area contributed by atoms with E-state index in [0.29, 0.717) is 26.4 Å². The summed E-state index contributed by atoms with van der Waals surface area (Å²) in [5.41, 5.74) is 1.07. The van der Waals surface area contributed by atoms with Crippen LogP contribution in [0.25, 0.3) is 0 Å². The second kappa shape index (κ2) is 7.83. The molecule has 0 amide bonds. The third kappa shape index (κ3) is 4.09. The van der Waals surface area contributed by atoms with E-state index in [-0.39, 0.29) is 12.6 Å². The minimum atomic E-state index is -0.0743. The van der Waals surface area contributed by atoms with Crippen molar-refractivity contribution in [3.8, 4) is 11.5 Å². The zero-order chi connectivity index (χ0) is 14.4. The maximum absolute atomic E-state index is 9.22. The van der Waals surface area contributed by atoms with Gasteiger partial charge in [0.05, 0.1) is 36.9 Å². The molecule has 2 N–H and O–H groups in total. The summed E-state index contributed by atoms with van der Waals surface area (Å²) in [6.07, 6.45) is 0.884. The van der Waals surface area contributed by atoms with Gasteiger partial charge in [-0.2, -0.15) is 0 Å². The molecule has 20 heavy (non-hydrogen) atoms. The first-order valence-electron chi connectivity index (χ1n) is 6.65. The summed E-state index contributed by atoms with van der Waals surface area (Å²) in [6.45, 7) is 2.48. The van der Waals surface area contributed by atoms with E-state index in [1.54, 1.807) is 7.11 Å². The SMILES string of the molecule is COCC(CO)NCc1cc(Br)c2c(c1)OCCCO2. The van der Waals surface area contributed by atoms with Crippen molar-refractivity contribution in [2.75, 3.05) is 33.5 Å². The van der Waals surface area contributed by atoms with Gasteiger partial charge in [-0.3, -0.25) is 0 Å². The van der Waals surface area contributed by atoms with Gasteiger partial charge < -0.3 is 24.6 Å². The van der Waals surface area contributed by atoms with Gasteiger partial charge in [-0.1, -0.05) is 0 Å². The second-order valence-electron chi connectivity index (χ2n) is 4.67. The lowest BCUT2D eigenvalue weighted by Gasteiger charge is -2.16. The van der Waals surface area contributed by atoms with Gasteiger partial charge in [-0.05, 0) is 33.6 Å². The molecule has 6 heteroatoms. The zero-order valence-electron chi connectivity index (χ0n) is 11.5. The normalized spacial score (nSPS) is 15.8. The molecular weight excluding hydrogens is 326 g/mol. The Morgan fingerprint density at radius 3 is 2.95 bits per heavy atom. The van der Waals surface area contributed by atoms with Crippen LogP contribution < -0.4 is 14.8 Å². The van der Waals surface area contributed by atoms with E-state index in [2.05, 4.69) is 21.2 Å². The van der Waals surface area contributed by atoms with E-state index in [1.807, 2.05) is 12.1 Å². The predicted molar refractivity (Wildman–Crippen MR) is 79.3 cm³/mol. The Morgan fingerprint density at radius 2 is 2.20 bits per heavy atom. The van der Waals surface area contributed by atoms with Crippen LogP contribution in [0.1, 0.15) is 12.0 Å². The molecule has 1 aromatic rings. The summed E-state index contributed by atoms with van der Waals surface area (Å²) < 4.78 is 17.3. The lowest BCUT2D eigenvalue weighted by Crippen LogP contribution is -2.35. The molecule has 1 aliphatic heterocycles. The summed E-state index contributed by atoms with van der Waals surface area (Å²) in [7, 11) is 1.62. The Bertz CT molecular complexity index is 441. The maximum Gasteiger partial charge on any atom is 0.175 e. The quantitative estimate of drug-likeness (QED) is 0.821. The van der Waals surface area contributed by atoms with Crippen molar-refractivity contribution in [1.29, 1.82) is 0 Å². The van der Waals surface area contributed by atoms with E-state index < -0.39 is 0 Å². The topological polar surface area (TPSA) is 60.0 Å². The van der Waals surface area contributed by atoms with Crippen molar-refractivity contribution in [1.82, 2.24) is 5.32 Å². The molecule has 0 saturated heterocycles. The lowest BCUT2D eigenvalue weighted by atomic mass is 10.2. The monoisotopic (exact) mass is 345 g/mol. The van der Waals surface area contributed by atoms with Crippen LogP contribution in [-0.4, -0.2) is 44.7 Å². The van der Waals surface area contributed by atoms with Crippen molar-refractivity contribution in [3.05, 3.63) is 22.2 Å². The zero-order valence-corrected chi connectivity index (χ0v) is 13.1. The molecule has 0 saturated carbocycles. The molecule has 1 atom stereocenters. The van der Waals surface area contributed by atoms with Crippen LogP contribution in [0.5, 0.6) is 11.5 Å². The van der Waals surface area contributed by atoms with Gasteiger partial charge in [0.2, 0.25) is 0 Å². The van der Waals surface area contributed by atoms with E-state index >= 15 is 0 Å². The van der Waals surface area contributed by atoms with Gasteiger partial charge in [-0.25, -0.2) is 0 Å². The summed E-state index contributed by atoms with van der Waals surface area (Å²) in [5.74, 6) is 1.53. The molecule has 1 heterocycles. The fourth-order valence-corrected chi connectivity index (χ4v) is 2.63. The average Bonchev–Trinajstić information content (AvgIpc) is 2.69. The Labute approximate surface area is 127 Å². The summed E-state index contributed by atoms with van der Waals surface area (Å²) in [6, 6.07) is 3.90. The molecule has 0 bridgehead atoms. The average molecular weight is 346 g/mol. The molecule has 1 unspecified atom stereocenters. The molecule has 0 fully saturated rings. The number of nitrogens with one attached hydrogen (secondary N) is 1.